The molecule has 0 saturated carbocycles. The molecule has 80 valence electrons. The van der Waals surface area contributed by atoms with Gasteiger partial charge >= 0.3 is 0 Å². The first kappa shape index (κ1) is 11.2. The molecule has 0 fully saturated rings. The van der Waals surface area contributed by atoms with E-state index >= 15 is 0 Å². The average molecular weight is 305 g/mol. The number of carbonyl (C=O) groups excluding carboxylic acids is 1. The van der Waals surface area contributed by atoms with E-state index in [-0.39, 0.29) is 5.91 Å². The Labute approximate surface area is 105 Å². The number of amidine groups is 1. The monoisotopic (exact) mass is 304 g/mol. The maximum Gasteiger partial charge on any atom is 0.258 e. The summed E-state index contributed by atoms with van der Waals surface area (Å²) in [5.74, 6) is 0.447. The van der Waals surface area contributed by atoms with Crippen molar-refractivity contribution in [2.45, 2.75) is 6.54 Å². The van der Waals surface area contributed by atoms with Crippen molar-refractivity contribution in [1.82, 2.24) is 4.90 Å². The van der Waals surface area contributed by atoms with Crippen LogP contribution in [0.4, 0.5) is 0 Å². The van der Waals surface area contributed by atoms with Gasteiger partial charge in [0, 0.05) is 21.8 Å². The van der Waals surface area contributed by atoms with Gasteiger partial charge in [-0.1, -0.05) is 11.8 Å². The summed E-state index contributed by atoms with van der Waals surface area (Å²) in [6, 6.07) is 2.09. The van der Waals surface area contributed by atoms with E-state index in [0.29, 0.717) is 5.75 Å². The second-order valence-electron chi connectivity index (χ2n) is 3.16. The van der Waals surface area contributed by atoms with Gasteiger partial charge in [-0.15, -0.1) is 11.3 Å². The Kier molecular flexibility index (Phi) is 3.48. The number of thiophene rings is 1. The molecule has 0 saturated heterocycles. The molecule has 0 N–H and O–H groups in total. The number of carbonyl (C=O) groups is 1. The predicted octanol–water partition coefficient (Wildman–Crippen LogP) is 2.57. The van der Waals surface area contributed by atoms with Crippen LogP contribution in [0.15, 0.2) is 20.9 Å². The second kappa shape index (κ2) is 4.67. The van der Waals surface area contributed by atoms with E-state index in [1.165, 1.54) is 16.6 Å². The highest BCUT2D eigenvalue weighted by Crippen LogP contribution is 2.23. The van der Waals surface area contributed by atoms with Crippen LogP contribution in [0, 0.1) is 0 Å². The summed E-state index contributed by atoms with van der Waals surface area (Å²) in [5, 5.41) is 2.88. The molecule has 1 amide bonds. The molecule has 0 bridgehead atoms. The highest BCUT2D eigenvalue weighted by molar-refractivity contribution is 9.10. The zero-order chi connectivity index (χ0) is 10.8. The molecule has 1 aliphatic heterocycles. The molecule has 0 aliphatic carbocycles. The van der Waals surface area contributed by atoms with Crippen LogP contribution in [0.3, 0.4) is 0 Å². The van der Waals surface area contributed by atoms with Gasteiger partial charge in [0.1, 0.15) is 0 Å². The number of rotatable bonds is 2. The van der Waals surface area contributed by atoms with Gasteiger partial charge in [-0.25, -0.2) is 0 Å². The molecule has 1 aromatic rings. The predicted molar refractivity (Wildman–Crippen MR) is 68.4 cm³/mol. The van der Waals surface area contributed by atoms with Gasteiger partial charge in [0.2, 0.25) is 0 Å². The van der Waals surface area contributed by atoms with Crippen molar-refractivity contribution in [3.05, 3.63) is 20.8 Å². The van der Waals surface area contributed by atoms with Crippen molar-refractivity contribution in [3.63, 3.8) is 0 Å². The Morgan fingerprint density at radius 3 is 3.00 bits per heavy atom. The van der Waals surface area contributed by atoms with E-state index < -0.39 is 0 Å². The normalized spacial score (nSPS) is 15.6. The molecule has 0 atom stereocenters. The zero-order valence-corrected chi connectivity index (χ0v) is 11.3. The highest BCUT2D eigenvalue weighted by atomic mass is 79.9. The summed E-state index contributed by atoms with van der Waals surface area (Å²) in [5.41, 5.74) is 0. The van der Waals surface area contributed by atoms with Crippen LogP contribution in [-0.2, 0) is 11.3 Å². The Morgan fingerprint density at radius 2 is 2.47 bits per heavy atom. The molecular weight excluding hydrogens is 296 g/mol. The molecule has 0 unspecified atom stereocenters. The lowest BCUT2D eigenvalue weighted by Crippen LogP contribution is -2.21. The van der Waals surface area contributed by atoms with E-state index in [2.05, 4.69) is 32.4 Å². The van der Waals surface area contributed by atoms with Crippen molar-refractivity contribution >= 4 is 50.1 Å². The summed E-state index contributed by atoms with van der Waals surface area (Å²) in [6.07, 6.45) is 0. The fourth-order valence-electron chi connectivity index (χ4n) is 1.23. The van der Waals surface area contributed by atoms with Crippen LogP contribution < -0.4 is 0 Å². The topological polar surface area (TPSA) is 32.7 Å². The van der Waals surface area contributed by atoms with Gasteiger partial charge < -0.3 is 4.90 Å². The maximum atomic E-state index is 11.0. The van der Waals surface area contributed by atoms with Crippen molar-refractivity contribution < 1.29 is 4.79 Å². The second-order valence-corrected chi connectivity index (χ2v) is 6.02. The number of nitrogens with zero attached hydrogens (tertiary/aromatic N) is 2. The van der Waals surface area contributed by atoms with Crippen LogP contribution in [0.1, 0.15) is 4.88 Å². The molecule has 15 heavy (non-hydrogen) atoms. The summed E-state index contributed by atoms with van der Waals surface area (Å²) < 4.78 is 1.10. The Bertz CT molecular complexity index is 416. The number of aliphatic imine (C=N–C) groups is 1. The van der Waals surface area contributed by atoms with Gasteiger partial charge in [-0.3, -0.25) is 4.79 Å². The average Bonchev–Trinajstić information content (AvgIpc) is 2.75. The summed E-state index contributed by atoms with van der Waals surface area (Å²) in [7, 11) is 1.96. The fourth-order valence-corrected chi connectivity index (χ4v) is 3.50. The Morgan fingerprint density at radius 1 is 1.67 bits per heavy atom. The van der Waals surface area contributed by atoms with E-state index in [1.807, 2.05) is 11.9 Å². The third kappa shape index (κ3) is 2.83. The summed E-state index contributed by atoms with van der Waals surface area (Å²) in [4.78, 5) is 18.2. The first-order chi connectivity index (χ1) is 7.15. The third-order valence-corrected chi connectivity index (χ3v) is 4.62. The maximum absolute atomic E-state index is 11.0. The number of thioether (sulfide) groups is 1. The van der Waals surface area contributed by atoms with Crippen LogP contribution >= 0.6 is 39.0 Å². The number of hydrogen-bond donors (Lipinski definition) is 0. The van der Waals surface area contributed by atoms with E-state index in [1.54, 1.807) is 11.3 Å². The molecule has 0 radical (unpaired) electrons. The zero-order valence-electron chi connectivity index (χ0n) is 8.07. The highest BCUT2D eigenvalue weighted by Gasteiger charge is 2.18. The van der Waals surface area contributed by atoms with Gasteiger partial charge in [-0.2, -0.15) is 4.99 Å². The lowest BCUT2D eigenvalue weighted by molar-refractivity contribution is -0.115. The van der Waals surface area contributed by atoms with Crippen molar-refractivity contribution in [1.29, 1.82) is 0 Å². The Balaban J connectivity index is 2.01. The largest absolute Gasteiger partial charge is 0.349 e. The first-order valence-electron chi connectivity index (χ1n) is 4.33. The number of halogens is 1. The van der Waals surface area contributed by atoms with Gasteiger partial charge in [0.15, 0.2) is 5.17 Å². The molecule has 1 aromatic heterocycles. The molecular formula is C9H9BrN2OS2. The molecule has 0 aromatic carbocycles. The van der Waals surface area contributed by atoms with Crippen LogP contribution in [0.25, 0.3) is 0 Å². The van der Waals surface area contributed by atoms with Gasteiger partial charge in [0.05, 0.1) is 12.3 Å². The molecule has 1 aliphatic rings. The summed E-state index contributed by atoms with van der Waals surface area (Å²) in [6.45, 7) is 0.801. The third-order valence-electron chi connectivity index (χ3n) is 1.89. The number of amides is 1. The molecule has 2 heterocycles. The lowest BCUT2D eigenvalue weighted by Gasteiger charge is -2.16. The Hall–Kier alpha value is -0.330. The van der Waals surface area contributed by atoms with Gasteiger partial charge in [0.25, 0.3) is 5.91 Å². The molecule has 0 spiro atoms. The number of hydrogen-bond acceptors (Lipinski definition) is 4. The smallest absolute Gasteiger partial charge is 0.258 e. The van der Waals surface area contributed by atoms with E-state index in [0.717, 1.165) is 16.2 Å². The minimum absolute atomic E-state index is 0.0331. The first-order valence-corrected chi connectivity index (χ1v) is 6.99. The quantitative estimate of drug-likeness (QED) is 0.842. The standard InChI is InChI=1S/C9H9BrN2OS2/c1-12(9-11-8(13)5-15-9)3-7-2-6(10)4-14-7/h2,4H,3,5H2,1H3. The molecule has 3 nitrogen and oxygen atoms in total. The lowest BCUT2D eigenvalue weighted by atomic mass is 10.4. The summed E-state index contributed by atoms with van der Waals surface area (Å²) >= 11 is 6.62. The molecule has 6 heteroatoms. The van der Waals surface area contributed by atoms with Crippen molar-refractivity contribution in [2.75, 3.05) is 12.8 Å². The van der Waals surface area contributed by atoms with Crippen LogP contribution in [0.5, 0.6) is 0 Å². The van der Waals surface area contributed by atoms with Crippen LogP contribution in [0.2, 0.25) is 0 Å². The SMILES string of the molecule is CN(Cc1cc(Br)cs1)C1=NC(=O)CS1. The van der Waals surface area contributed by atoms with Crippen molar-refractivity contribution in [2.24, 2.45) is 4.99 Å². The van der Waals surface area contributed by atoms with E-state index in [9.17, 15) is 4.79 Å². The van der Waals surface area contributed by atoms with E-state index in [4.69, 9.17) is 0 Å². The van der Waals surface area contributed by atoms with Gasteiger partial charge in [-0.05, 0) is 22.0 Å². The molecule has 2 rings (SSSR count). The van der Waals surface area contributed by atoms with Crippen LogP contribution in [-0.4, -0.2) is 28.8 Å². The minimum Gasteiger partial charge on any atom is -0.349 e. The minimum atomic E-state index is -0.0331. The fraction of sp³-hybridized carbons (Fsp3) is 0.333. The van der Waals surface area contributed by atoms with Crippen molar-refractivity contribution in [3.8, 4) is 0 Å².